The number of imide groups is 1. The molecule has 0 aromatic heterocycles. The number of carbonyl (C=O) groups is 2. The first-order valence-electron chi connectivity index (χ1n) is 10.6. The fourth-order valence-corrected chi connectivity index (χ4v) is 4.26. The molecule has 0 saturated carbocycles. The van der Waals surface area contributed by atoms with E-state index in [9.17, 15) is 29.8 Å². The number of non-ortho nitro benzene ring substituents is 1. The van der Waals surface area contributed by atoms with Gasteiger partial charge in [-0.3, -0.25) is 34.7 Å². The van der Waals surface area contributed by atoms with E-state index in [1.807, 2.05) is 0 Å². The molecule has 11 nitrogen and oxygen atoms in total. The molecule has 37 heavy (non-hydrogen) atoms. The summed E-state index contributed by atoms with van der Waals surface area (Å²) >= 11 is 6.58. The minimum Gasteiger partial charge on any atom is -0.492 e. The number of carbonyl (C=O) groups excluding carboxylic acids is 2. The normalized spacial score (nSPS) is 14.2. The van der Waals surface area contributed by atoms with Crippen LogP contribution in [0.5, 0.6) is 17.2 Å². The van der Waals surface area contributed by atoms with Crippen molar-refractivity contribution in [2.24, 2.45) is 0 Å². The molecule has 1 aliphatic rings. The predicted octanol–water partition coefficient (Wildman–Crippen LogP) is 6.06. The van der Waals surface area contributed by atoms with Gasteiger partial charge < -0.3 is 9.47 Å². The molecular formula is C24H16ClN3O8S. The zero-order valence-corrected chi connectivity index (χ0v) is 20.3. The quantitative estimate of drug-likeness (QED) is 0.179. The summed E-state index contributed by atoms with van der Waals surface area (Å²) < 4.78 is 11.3. The first-order chi connectivity index (χ1) is 17.7. The van der Waals surface area contributed by atoms with Crippen LogP contribution in [0.3, 0.4) is 0 Å². The van der Waals surface area contributed by atoms with Gasteiger partial charge in [0.1, 0.15) is 18.1 Å². The second-order valence-corrected chi connectivity index (χ2v) is 8.87. The molecule has 0 radical (unpaired) electrons. The molecule has 1 aliphatic heterocycles. The average molecular weight is 542 g/mol. The molecule has 1 saturated heterocycles. The van der Waals surface area contributed by atoms with Crippen molar-refractivity contribution in [1.29, 1.82) is 0 Å². The van der Waals surface area contributed by atoms with Gasteiger partial charge in [0.05, 0.1) is 27.4 Å². The van der Waals surface area contributed by atoms with Crippen LogP contribution in [-0.4, -0.2) is 39.0 Å². The maximum absolute atomic E-state index is 12.9. The Morgan fingerprint density at radius 1 is 0.946 bits per heavy atom. The van der Waals surface area contributed by atoms with Gasteiger partial charge in [-0.15, -0.1) is 0 Å². The zero-order valence-electron chi connectivity index (χ0n) is 18.7. The van der Waals surface area contributed by atoms with E-state index in [0.717, 1.165) is 34.9 Å². The predicted molar refractivity (Wildman–Crippen MR) is 136 cm³/mol. The largest absolute Gasteiger partial charge is 0.492 e. The molecule has 0 N–H and O–H groups in total. The van der Waals surface area contributed by atoms with Crippen molar-refractivity contribution < 1.29 is 28.9 Å². The average Bonchev–Trinajstić information content (AvgIpc) is 3.13. The highest BCUT2D eigenvalue weighted by Gasteiger charge is 2.35. The Morgan fingerprint density at radius 3 is 2.38 bits per heavy atom. The summed E-state index contributed by atoms with van der Waals surface area (Å²) in [5, 5.41) is 22.5. The van der Waals surface area contributed by atoms with Gasteiger partial charge in [-0.05, 0) is 54.2 Å². The van der Waals surface area contributed by atoms with Crippen LogP contribution in [0.2, 0.25) is 5.02 Å². The Hall–Kier alpha value is -4.42. The Bertz CT molecular complexity index is 1430. The van der Waals surface area contributed by atoms with E-state index in [0.29, 0.717) is 16.3 Å². The summed E-state index contributed by atoms with van der Waals surface area (Å²) in [7, 11) is 0. The number of benzene rings is 3. The van der Waals surface area contributed by atoms with Crippen LogP contribution in [0.4, 0.5) is 16.2 Å². The number of hydrogen-bond acceptors (Lipinski definition) is 9. The molecule has 0 spiro atoms. The van der Waals surface area contributed by atoms with E-state index in [1.54, 1.807) is 42.5 Å². The Labute approximate surface area is 218 Å². The lowest BCUT2D eigenvalue weighted by molar-refractivity contribution is -0.394. The van der Waals surface area contributed by atoms with Crippen molar-refractivity contribution in [3.05, 3.63) is 102 Å². The van der Waals surface area contributed by atoms with Gasteiger partial charge >= 0.3 is 5.69 Å². The lowest BCUT2D eigenvalue weighted by Gasteiger charge is -2.13. The molecule has 4 rings (SSSR count). The first-order valence-corrected chi connectivity index (χ1v) is 11.8. The van der Waals surface area contributed by atoms with E-state index in [4.69, 9.17) is 21.1 Å². The number of halogens is 1. The summed E-state index contributed by atoms with van der Waals surface area (Å²) in [6, 6.07) is 16.1. The van der Waals surface area contributed by atoms with Crippen LogP contribution in [0.1, 0.15) is 5.56 Å². The monoisotopic (exact) mass is 541 g/mol. The summed E-state index contributed by atoms with van der Waals surface area (Å²) in [5.74, 6) is -0.0506. The van der Waals surface area contributed by atoms with Crippen LogP contribution in [-0.2, 0) is 4.79 Å². The van der Waals surface area contributed by atoms with Crippen molar-refractivity contribution in [3.63, 3.8) is 0 Å². The standard InChI is InChI=1S/C24H16ClN3O8S/c25-16-5-8-18(9-6-16)35-12-11-26-23(29)22(37-24(26)30)13-15-3-1-2-4-20(15)36-21-10-7-17(27(31)32)14-19(21)28(33)34/h1-10,13-14H,11-12H2/b22-13-. The van der Waals surface area contributed by atoms with E-state index < -0.39 is 32.4 Å². The number of nitro benzene ring substituents is 2. The SMILES string of the molecule is O=C1S/C(=C\c2ccccc2Oc2ccc([N+](=O)[O-])cc2[N+](=O)[O-])C(=O)N1CCOc1ccc(Cl)cc1. The van der Waals surface area contributed by atoms with Crippen molar-refractivity contribution in [2.75, 3.05) is 13.2 Å². The minimum atomic E-state index is -0.789. The molecule has 0 atom stereocenters. The molecule has 1 fully saturated rings. The van der Waals surface area contributed by atoms with E-state index in [2.05, 4.69) is 0 Å². The fourth-order valence-electron chi connectivity index (χ4n) is 3.28. The van der Waals surface area contributed by atoms with Crippen LogP contribution in [0.15, 0.2) is 71.6 Å². The first kappa shape index (κ1) is 25.7. The summed E-state index contributed by atoms with van der Waals surface area (Å²) in [4.78, 5) is 47.4. The molecule has 0 unspecified atom stereocenters. The van der Waals surface area contributed by atoms with E-state index >= 15 is 0 Å². The molecule has 3 aromatic rings. The summed E-state index contributed by atoms with van der Waals surface area (Å²) in [5.41, 5.74) is -0.677. The van der Waals surface area contributed by atoms with Crippen molar-refractivity contribution >= 4 is 52.0 Å². The van der Waals surface area contributed by atoms with Crippen molar-refractivity contribution in [2.45, 2.75) is 0 Å². The molecule has 1 heterocycles. The highest BCUT2D eigenvalue weighted by atomic mass is 35.5. The van der Waals surface area contributed by atoms with E-state index in [-0.39, 0.29) is 29.6 Å². The zero-order chi connectivity index (χ0) is 26.5. The Morgan fingerprint density at radius 2 is 1.68 bits per heavy atom. The van der Waals surface area contributed by atoms with Crippen LogP contribution < -0.4 is 9.47 Å². The lowest BCUT2D eigenvalue weighted by Crippen LogP contribution is -2.32. The number of ether oxygens (including phenoxy) is 2. The molecule has 13 heteroatoms. The Balaban J connectivity index is 1.51. The molecule has 2 amide bonds. The number of thioether (sulfide) groups is 1. The molecular weight excluding hydrogens is 526 g/mol. The van der Waals surface area contributed by atoms with Crippen LogP contribution >= 0.6 is 23.4 Å². The molecule has 188 valence electrons. The summed E-state index contributed by atoms with van der Waals surface area (Å²) in [6.45, 7) is 0.105. The number of hydrogen-bond donors (Lipinski definition) is 0. The number of rotatable bonds is 9. The van der Waals surface area contributed by atoms with Crippen LogP contribution in [0.25, 0.3) is 6.08 Å². The van der Waals surface area contributed by atoms with Gasteiger partial charge in [0, 0.05) is 16.7 Å². The van der Waals surface area contributed by atoms with Crippen molar-refractivity contribution in [1.82, 2.24) is 4.90 Å². The number of amides is 2. The van der Waals surface area contributed by atoms with Crippen LogP contribution in [0, 0.1) is 20.2 Å². The van der Waals surface area contributed by atoms with Gasteiger partial charge in [-0.2, -0.15) is 0 Å². The highest BCUT2D eigenvalue weighted by Crippen LogP contribution is 2.38. The second kappa shape index (κ2) is 11.1. The number of para-hydroxylation sites is 1. The Kier molecular flexibility index (Phi) is 7.70. The second-order valence-electron chi connectivity index (χ2n) is 7.44. The van der Waals surface area contributed by atoms with Gasteiger partial charge in [0.15, 0.2) is 0 Å². The maximum Gasteiger partial charge on any atom is 0.318 e. The van der Waals surface area contributed by atoms with Gasteiger partial charge in [0.2, 0.25) is 5.75 Å². The summed E-state index contributed by atoms with van der Waals surface area (Å²) in [6.07, 6.45) is 1.44. The molecule has 0 bridgehead atoms. The number of nitro groups is 2. The third-order valence-corrected chi connectivity index (χ3v) is 6.21. The molecule has 3 aromatic carbocycles. The third-order valence-electron chi connectivity index (χ3n) is 5.05. The van der Waals surface area contributed by atoms with E-state index in [1.165, 1.54) is 12.1 Å². The highest BCUT2D eigenvalue weighted by molar-refractivity contribution is 8.18. The fraction of sp³-hybridized carbons (Fsp3) is 0.0833. The molecule has 0 aliphatic carbocycles. The van der Waals surface area contributed by atoms with Gasteiger partial charge in [-0.25, -0.2) is 0 Å². The van der Waals surface area contributed by atoms with Gasteiger partial charge in [0.25, 0.3) is 16.8 Å². The maximum atomic E-state index is 12.9. The minimum absolute atomic E-state index is 0.0256. The van der Waals surface area contributed by atoms with Crippen molar-refractivity contribution in [3.8, 4) is 17.2 Å². The smallest absolute Gasteiger partial charge is 0.318 e. The number of nitrogens with zero attached hydrogens (tertiary/aromatic N) is 3. The van der Waals surface area contributed by atoms with Gasteiger partial charge in [-0.1, -0.05) is 29.8 Å². The third kappa shape index (κ3) is 6.05. The lowest BCUT2D eigenvalue weighted by atomic mass is 10.1. The topological polar surface area (TPSA) is 142 Å².